The third-order valence-electron chi connectivity index (χ3n) is 14.3. The van der Waals surface area contributed by atoms with Crippen LogP contribution in [0.4, 0.5) is 0 Å². The van der Waals surface area contributed by atoms with Crippen LogP contribution in [0.2, 0.25) is 0 Å². The molecule has 13 aromatic rings. The zero-order valence-electron chi connectivity index (χ0n) is 35.6. The first-order valence-electron chi connectivity index (χ1n) is 22.4. The lowest BCUT2D eigenvalue weighted by atomic mass is 9.66. The van der Waals surface area contributed by atoms with Gasteiger partial charge in [0.25, 0.3) is 0 Å². The Hall–Kier alpha value is -9.32. The van der Waals surface area contributed by atoms with Crippen LogP contribution in [0.3, 0.4) is 0 Å². The molecule has 0 bridgehead atoms. The first-order valence-corrected chi connectivity index (χ1v) is 22.4. The van der Waals surface area contributed by atoms with Crippen LogP contribution in [0.1, 0.15) is 27.8 Å². The summed E-state index contributed by atoms with van der Waals surface area (Å²) in [7, 11) is 0. The average Bonchev–Trinajstić information content (AvgIpc) is 4.10. The van der Waals surface area contributed by atoms with Crippen molar-refractivity contribution in [3.05, 3.63) is 229 Å². The number of fused-ring (bicyclic) bond motifs is 18. The zero-order valence-corrected chi connectivity index (χ0v) is 35.6. The molecule has 8 heteroatoms. The van der Waals surface area contributed by atoms with Gasteiger partial charge in [0.1, 0.15) is 11.5 Å². The Kier molecular flexibility index (Phi) is 7.07. The second kappa shape index (κ2) is 13.1. The minimum absolute atomic E-state index is 0.623. The average molecular weight is 856 g/mol. The Balaban J connectivity index is 1.07. The van der Waals surface area contributed by atoms with Crippen LogP contribution in [0.5, 0.6) is 11.5 Å². The number of para-hydroxylation sites is 5. The fourth-order valence-electron chi connectivity index (χ4n) is 11.6. The van der Waals surface area contributed by atoms with Crippen LogP contribution in [0.15, 0.2) is 201 Å². The van der Waals surface area contributed by atoms with E-state index >= 15 is 0 Å². The molecule has 7 heterocycles. The number of aromatic nitrogens is 6. The summed E-state index contributed by atoms with van der Waals surface area (Å²) in [4.78, 5) is 15.5. The lowest BCUT2D eigenvalue weighted by Crippen LogP contribution is -2.32. The van der Waals surface area contributed by atoms with Crippen molar-refractivity contribution in [2.45, 2.75) is 5.41 Å². The van der Waals surface area contributed by atoms with Gasteiger partial charge in [-0.1, -0.05) is 91.0 Å². The molecule has 0 saturated heterocycles. The minimum atomic E-state index is -0.945. The lowest BCUT2D eigenvalue weighted by molar-refractivity contribution is 0.436. The Morgan fingerprint density at radius 2 is 0.896 bits per heavy atom. The fraction of sp³-hybridized carbons (Fsp3) is 0.0169. The van der Waals surface area contributed by atoms with E-state index in [0.29, 0.717) is 5.56 Å². The number of ether oxygens (including phenoxy) is 1. The number of nitrogens with zero attached hydrogens (tertiary/aromatic N) is 7. The predicted molar refractivity (Wildman–Crippen MR) is 265 cm³/mol. The third-order valence-corrected chi connectivity index (χ3v) is 14.3. The normalized spacial score (nSPS) is 14.7. The first-order chi connectivity index (χ1) is 33.2. The van der Waals surface area contributed by atoms with Crippen LogP contribution in [0.25, 0.3) is 93.9 Å². The smallest absolute Gasteiger partial charge is 0.132 e. The molecule has 0 radical (unpaired) electrons. The number of pyridine rings is 3. The second-order valence-corrected chi connectivity index (χ2v) is 17.5. The van der Waals surface area contributed by atoms with E-state index in [0.717, 1.165) is 117 Å². The summed E-state index contributed by atoms with van der Waals surface area (Å²) >= 11 is 0. The predicted octanol–water partition coefficient (Wildman–Crippen LogP) is 13.5. The van der Waals surface area contributed by atoms with Gasteiger partial charge in [-0.2, -0.15) is 5.26 Å². The Morgan fingerprint density at radius 3 is 1.52 bits per heavy atom. The Morgan fingerprint density at radius 1 is 0.403 bits per heavy atom. The summed E-state index contributed by atoms with van der Waals surface area (Å²) in [5, 5.41) is 16.7. The fourth-order valence-corrected chi connectivity index (χ4v) is 11.6. The number of benzene rings is 7. The van der Waals surface area contributed by atoms with Crippen molar-refractivity contribution in [2.24, 2.45) is 0 Å². The molecule has 8 nitrogen and oxygen atoms in total. The maximum atomic E-state index is 9.96. The van der Waals surface area contributed by atoms with Gasteiger partial charge < -0.3 is 18.4 Å². The topological polar surface area (TPSA) is 86.5 Å². The molecule has 0 N–H and O–H groups in total. The lowest BCUT2D eigenvalue weighted by Gasteiger charge is -2.39. The highest BCUT2D eigenvalue weighted by Crippen LogP contribution is 2.62. The van der Waals surface area contributed by atoms with Crippen LogP contribution in [-0.4, -0.2) is 28.7 Å². The number of hydrogen-bond acceptors (Lipinski definition) is 5. The quantitative estimate of drug-likeness (QED) is 0.177. The molecule has 0 fully saturated rings. The first kappa shape index (κ1) is 36.1. The Bertz CT molecular complexity index is 4080. The van der Waals surface area contributed by atoms with Crippen molar-refractivity contribution in [1.29, 1.82) is 5.26 Å². The van der Waals surface area contributed by atoms with E-state index in [1.54, 1.807) is 0 Å². The molecule has 67 heavy (non-hydrogen) atoms. The maximum Gasteiger partial charge on any atom is 0.132 e. The monoisotopic (exact) mass is 855 g/mol. The van der Waals surface area contributed by atoms with Crippen molar-refractivity contribution in [3.63, 3.8) is 0 Å². The Labute approximate surface area is 382 Å². The molecular weight excluding hydrogens is 823 g/mol. The summed E-state index contributed by atoms with van der Waals surface area (Å²) < 4.78 is 13.9. The highest BCUT2D eigenvalue weighted by Gasteiger charge is 2.53. The minimum Gasteiger partial charge on any atom is -0.457 e. The van der Waals surface area contributed by atoms with Crippen LogP contribution in [0, 0.1) is 11.3 Å². The molecule has 0 saturated carbocycles. The van der Waals surface area contributed by atoms with Gasteiger partial charge >= 0.3 is 0 Å². The van der Waals surface area contributed by atoms with Gasteiger partial charge in [-0.05, 0) is 84.9 Å². The van der Waals surface area contributed by atoms with Crippen LogP contribution < -0.4 is 4.74 Å². The van der Waals surface area contributed by atoms with Gasteiger partial charge in [-0.15, -0.1) is 0 Å². The van der Waals surface area contributed by atoms with E-state index in [-0.39, 0.29) is 0 Å². The maximum absolute atomic E-state index is 9.96. The second-order valence-electron chi connectivity index (χ2n) is 17.5. The van der Waals surface area contributed by atoms with Crippen molar-refractivity contribution in [2.75, 3.05) is 0 Å². The molecule has 310 valence electrons. The van der Waals surface area contributed by atoms with E-state index < -0.39 is 5.41 Å². The van der Waals surface area contributed by atoms with E-state index in [4.69, 9.17) is 14.7 Å². The van der Waals surface area contributed by atoms with Gasteiger partial charge in [-0.25, -0.2) is 0 Å². The molecular formula is C59H33N7O. The standard InChI is InChI=1S/C59H33N7O/c60-31-35-21-23-53-44(27-35)42-14-4-9-19-52(42)64(53)36-22-24-56-46(28-36)59(45-15-5-10-20-55(45)67-56)47-29-37(65-49-16-6-1-11-39(49)40-12-2-7-17-50(40)65)32-62-57(47)58-48(59)30-38(33-63-58)66-51-18-8-3-13-41(51)43-25-26-61-34-54(43)66/h1-30,32-34H. The van der Waals surface area contributed by atoms with Crippen LogP contribution >= 0.6 is 0 Å². The van der Waals surface area contributed by atoms with E-state index in [9.17, 15) is 5.26 Å². The SMILES string of the molecule is N#Cc1ccc2c(c1)c1ccccc1n2-c1ccc2c(c1)C1(c3ccccc3O2)c2cc(-n3c4ccccc4c4ccccc43)cnc2-c2ncc(-n3c4ccccc4c4ccncc43)cc21. The molecule has 1 spiro atoms. The summed E-state index contributed by atoms with van der Waals surface area (Å²) in [6, 6.07) is 64.2. The van der Waals surface area contributed by atoms with E-state index in [1.807, 2.05) is 43.0 Å². The van der Waals surface area contributed by atoms with Crippen molar-refractivity contribution in [3.8, 4) is 46.0 Å². The molecule has 1 aliphatic heterocycles. The molecule has 2 aliphatic rings. The highest BCUT2D eigenvalue weighted by atomic mass is 16.5. The molecule has 0 amide bonds. The van der Waals surface area contributed by atoms with Crippen molar-refractivity contribution in [1.82, 2.24) is 28.7 Å². The number of hydrogen-bond donors (Lipinski definition) is 0. The van der Waals surface area contributed by atoms with Crippen molar-refractivity contribution < 1.29 is 4.74 Å². The van der Waals surface area contributed by atoms with E-state index in [2.05, 4.69) is 182 Å². The van der Waals surface area contributed by atoms with E-state index in [1.165, 1.54) is 10.8 Å². The molecule has 6 aromatic heterocycles. The van der Waals surface area contributed by atoms with Gasteiger partial charge in [0.05, 0.1) is 91.5 Å². The van der Waals surface area contributed by atoms with Gasteiger partial charge in [0, 0.05) is 66.5 Å². The zero-order chi connectivity index (χ0) is 44.0. The summed E-state index contributed by atoms with van der Waals surface area (Å²) in [6.45, 7) is 0. The molecule has 1 unspecified atom stereocenters. The number of nitriles is 1. The number of rotatable bonds is 3. The molecule has 7 aromatic carbocycles. The summed E-state index contributed by atoms with van der Waals surface area (Å²) in [5.74, 6) is 1.53. The van der Waals surface area contributed by atoms with Crippen molar-refractivity contribution >= 4 is 65.4 Å². The molecule has 15 rings (SSSR count). The van der Waals surface area contributed by atoms with Gasteiger partial charge in [0.15, 0.2) is 0 Å². The van der Waals surface area contributed by atoms with Gasteiger partial charge in [0.2, 0.25) is 0 Å². The largest absolute Gasteiger partial charge is 0.457 e. The summed E-state index contributed by atoms with van der Waals surface area (Å²) in [6.07, 6.45) is 7.80. The third kappa shape index (κ3) is 4.66. The molecule has 1 atom stereocenters. The van der Waals surface area contributed by atoms with Gasteiger partial charge in [-0.3, -0.25) is 15.0 Å². The molecule has 1 aliphatic carbocycles. The summed E-state index contributed by atoms with van der Waals surface area (Å²) in [5.41, 5.74) is 14.5. The van der Waals surface area contributed by atoms with Crippen LogP contribution in [-0.2, 0) is 5.41 Å². The highest BCUT2D eigenvalue weighted by molar-refractivity contribution is 6.11.